The highest BCUT2D eigenvalue weighted by Crippen LogP contribution is 2.27. The Morgan fingerprint density at radius 3 is 2.44 bits per heavy atom. The maximum absolute atomic E-state index is 13.6. The van der Waals surface area contributed by atoms with Crippen molar-refractivity contribution in [3.05, 3.63) is 35.4 Å². The average molecular weight is 247 g/mol. The number of nitrogen functional groups attached to an aromatic ring is 1. The fraction of sp³-hybridized carbons (Fsp3) is 0.231. The predicted octanol–water partition coefficient (Wildman–Crippen LogP) is 2.49. The summed E-state index contributed by atoms with van der Waals surface area (Å²) in [5.74, 6) is 0.0335. The molecule has 1 aromatic heterocycles. The van der Waals surface area contributed by atoms with Crippen LogP contribution < -0.4 is 10.5 Å². The van der Waals surface area contributed by atoms with E-state index in [4.69, 9.17) is 10.5 Å². The number of nitrogens with two attached hydrogens (primary N) is 1. The second-order valence-electron chi connectivity index (χ2n) is 3.98. The number of hydrogen-bond donors (Lipinski definition) is 1. The van der Waals surface area contributed by atoms with E-state index in [0.717, 1.165) is 11.4 Å². The first kappa shape index (κ1) is 12.3. The summed E-state index contributed by atoms with van der Waals surface area (Å²) in [6.07, 6.45) is 0. The standard InChI is InChI=1S/C13H14FN3O/c1-7-8(2)17-13(15)12(16-7)9-4-5-11(18-3)10(14)6-9/h4-6H,1-3H3,(H2,15,17). The number of anilines is 1. The van der Waals surface area contributed by atoms with Crippen LogP contribution in [0.25, 0.3) is 11.3 Å². The molecule has 0 fully saturated rings. The van der Waals surface area contributed by atoms with Crippen molar-refractivity contribution in [3.8, 4) is 17.0 Å². The van der Waals surface area contributed by atoms with Gasteiger partial charge in [-0.15, -0.1) is 0 Å². The summed E-state index contributed by atoms with van der Waals surface area (Å²) in [5.41, 5.74) is 8.43. The van der Waals surface area contributed by atoms with Gasteiger partial charge in [0.2, 0.25) is 0 Å². The third-order valence-corrected chi connectivity index (χ3v) is 2.76. The van der Waals surface area contributed by atoms with Gasteiger partial charge in [-0.3, -0.25) is 0 Å². The van der Waals surface area contributed by atoms with Crippen LogP contribution in [0, 0.1) is 19.7 Å². The fourth-order valence-corrected chi connectivity index (χ4v) is 1.65. The molecule has 1 heterocycles. The Morgan fingerprint density at radius 1 is 1.17 bits per heavy atom. The van der Waals surface area contributed by atoms with Gasteiger partial charge in [0.05, 0.1) is 18.5 Å². The molecule has 4 nitrogen and oxygen atoms in total. The minimum atomic E-state index is -0.450. The third kappa shape index (κ3) is 2.11. The zero-order chi connectivity index (χ0) is 13.3. The molecule has 94 valence electrons. The second-order valence-corrected chi connectivity index (χ2v) is 3.98. The average Bonchev–Trinajstić information content (AvgIpc) is 2.33. The van der Waals surface area contributed by atoms with Gasteiger partial charge in [-0.1, -0.05) is 0 Å². The molecule has 2 N–H and O–H groups in total. The van der Waals surface area contributed by atoms with E-state index in [1.54, 1.807) is 12.1 Å². The molecular weight excluding hydrogens is 233 g/mol. The maximum atomic E-state index is 13.6. The van der Waals surface area contributed by atoms with Crippen molar-refractivity contribution >= 4 is 5.82 Å². The fourth-order valence-electron chi connectivity index (χ4n) is 1.65. The topological polar surface area (TPSA) is 61.0 Å². The van der Waals surface area contributed by atoms with Crippen LogP contribution in [0.15, 0.2) is 18.2 Å². The first-order valence-electron chi connectivity index (χ1n) is 5.47. The van der Waals surface area contributed by atoms with E-state index in [9.17, 15) is 4.39 Å². The Morgan fingerprint density at radius 2 is 1.83 bits per heavy atom. The zero-order valence-electron chi connectivity index (χ0n) is 10.5. The molecular formula is C13H14FN3O. The lowest BCUT2D eigenvalue weighted by Gasteiger charge is -2.09. The lowest BCUT2D eigenvalue weighted by molar-refractivity contribution is 0.386. The number of ether oxygens (including phenoxy) is 1. The van der Waals surface area contributed by atoms with Crippen molar-refractivity contribution in [2.45, 2.75) is 13.8 Å². The summed E-state index contributed by atoms with van der Waals surface area (Å²) in [7, 11) is 1.42. The van der Waals surface area contributed by atoms with E-state index in [2.05, 4.69) is 9.97 Å². The summed E-state index contributed by atoms with van der Waals surface area (Å²) < 4.78 is 18.5. The van der Waals surface area contributed by atoms with Crippen LogP contribution in [-0.4, -0.2) is 17.1 Å². The second kappa shape index (κ2) is 4.60. The Balaban J connectivity index is 2.55. The van der Waals surface area contributed by atoms with Gasteiger partial charge >= 0.3 is 0 Å². The van der Waals surface area contributed by atoms with Crippen LogP contribution in [0.3, 0.4) is 0 Å². The molecule has 0 saturated heterocycles. The first-order valence-corrected chi connectivity index (χ1v) is 5.47. The van der Waals surface area contributed by atoms with E-state index in [1.807, 2.05) is 13.8 Å². The molecule has 0 spiro atoms. The van der Waals surface area contributed by atoms with Gasteiger partial charge in [0, 0.05) is 5.56 Å². The number of methoxy groups -OCH3 is 1. The Hall–Kier alpha value is -2.17. The third-order valence-electron chi connectivity index (χ3n) is 2.76. The van der Waals surface area contributed by atoms with Gasteiger partial charge in [-0.05, 0) is 32.0 Å². The molecule has 0 atom stereocenters. The molecule has 0 aliphatic carbocycles. The van der Waals surface area contributed by atoms with Crippen molar-refractivity contribution in [3.63, 3.8) is 0 Å². The highest BCUT2D eigenvalue weighted by atomic mass is 19.1. The number of benzene rings is 1. The van der Waals surface area contributed by atoms with E-state index < -0.39 is 5.82 Å². The zero-order valence-corrected chi connectivity index (χ0v) is 10.5. The van der Waals surface area contributed by atoms with Crippen molar-refractivity contribution in [2.75, 3.05) is 12.8 Å². The smallest absolute Gasteiger partial charge is 0.165 e. The molecule has 0 saturated carbocycles. The van der Waals surface area contributed by atoms with Gasteiger partial charge in [0.1, 0.15) is 11.5 Å². The van der Waals surface area contributed by atoms with Crippen molar-refractivity contribution in [1.29, 1.82) is 0 Å². The number of aryl methyl sites for hydroxylation is 2. The highest BCUT2D eigenvalue weighted by molar-refractivity contribution is 5.70. The summed E-state index contributed by atoms with van der Waals surface area (Å²) in [6.45, 7) is 3.67. The van der Waals surface area contributed by atoms with E-state index >= 15 is 0 Å². The van der Waals surface area contributed by atoms with Gasteiger partial charge in [0.25, 0.3) is 0 Å². The van der Waals surface area contributed by atoms with Gasteiger partial charge in [-0.2, -0.15) is 0 Å². The number of hydrogen-bond acceptors (Lipinski definition) is 4. The van der Waals surface area contributed by atoms with Gasteiger partial charge in [-0.25, -0.2) is 14.4 Å². The molecule has 0 aliphatic heterocycles. The quantitative estimate of drug-likeness (QED) is 0.885. The molecule has 0 bridgehead atoms. The van der Waals surface area contributed by atoms with Crippen molar-refractivity contribution in [2.24, 2.45) is 0 Å². The molecule has 5 heteroatoms. The van der Waals surface area contributed by atoms with Crippen molar-refractivity contribution < 1.29 is 9.13 Å². The van der Waals surface area contributed by atoms with Crippen molar-refractivity contribution in [1.82, 2.24) is 9.97 Å². The molecule has 0 aliphatic rings. The van der Waals surface area contributed by atoms with Crippen LogP contribution in [-0.2, 0) is 0 Å². The van der Waals surface area contributed by atoms with Crippen LogP contribution in [0.2, 0.25) is 0 Å². The minimum Gasteiger partial charge on any atom is -0.494 e. The summed E-state index contributed by atoms with van der Waals surface area (Å²) in [6, 6.07) is 4.59. The SMILES string of the molecule is COc1ccc(-c2nc(C)c(C)nc2N)cc1F. The summed E-state index contributed by atoms with van der Waals surface area (Å²) >= 11 is 0. The van der Waals surface area contributed by atoms with Crippen LogP contribution in [0.4, 0.5) is 10.2 Å². The van der Waals surface area contributed by atoms with E-state index in [0.29, 0.717) is 17.1 Å². The van der Waals surface area contributed by atoms with Crippen LogP contribution >= 0.6 is 0 Å². The Bertz CT molecular complexity index is 599. The normalized spacial score (nSPS) is 10.4. The molecule has 0 radical (unpaired) electrons. The molecule has 0 unspecified atom stereocenters. The molecule has 2 rings (SSSR count). The van der Waals surface area contributed by atoms with E-state index in [1.165, 1.54) is 13.2 Å². The predicted molar refractivity (Wildman–Crippen MR) is 67.9 cm³/mol. The maximum Gasteiger partial charge on any atom is 0.165 e. The molecule has 18 heavy (non-hydrogen) atoms. The van der Waals surface area contributed by atoms with Gasteiger partial charge in [0.15, 0.2) is 11.6 Å². The first-order chi connectivity index (χ1) is 8.52. The van der Waals surface area contributed by atoms with E-state index in [-0.39, 0.29) is 5.75 Å². The number of rotatable bonds is 2. The largest absolute Gasteiger partial charge is 0.494 e. The van der Waals surface area contributed by atoms with Gasteiger partial charge < -0.3 is 10.5 Å². The Labute approximate surface area is 105 Å². The highest BCUT2D eigenvalue weighted by Gasteiger charge is 2.11. The van der Waals surface area contributed by atoms with Crippen LogP contribution in [0.1, 0.15) is 11.4 Å². The lowest BCUT2D eigenvalue weighted by atomic mass is 10.1. The number of aromatic nitrogens is 2. The molecule has 1 aromatic carbocycles. The monoisotopic (exact) mass is 247 g/mol. The summed E-state index contributed by atoms with van der Waals surface area (Å²) in [5, 5.41) is 0. The van der Waals surface area contributed by atoms with Crippen LogP contribution in [0.5, 0.6) is 5.75 Å². The Kier molecular flexibility index (Phi) is 3.14. The lowest BCUT2D eigenvalue weighted by Crippen LogP contribution is -2.02. The minimum absolute atomic E-state index is 0.189. The molecule has 0 amide bonds. The number of nitrogens with zero attached hydrogens (tertiary/aromatic N) is 2. The molecule has 2 aromatic rings. The number of halogens is 1. The summed E-state index contributed by atoms with van der Waals surface area (Å²) in [4.78, 5) is 8.53.